The predicted molar refractivity (Wildman–Crippen MR) is 279 cm³/mol. The van der Waals surface area contributed by atoms with Gasteiger partial charge in [-0.1, -0.05) is 197 Å². The Labute approximate surface area is 537 Å². The number of aliphatic carboxylic acids is 2. The van der Waals surface area contributed by atoms with Gasteiger partial charge in [0, 0.05) is 68.7 Å². The molecule has 1 fully saturated rings. The van der Waals surface area contributed by atoms with Gasteiger partial charge in [-0.25, -0.2) is 9.59 Å². The molecule has 3 atom stereocenters. The number of aliphatic hydroxyl groups is 3. The fourth-order valence-corrected chi connectivity index (χ4v) is 5.22. The minimum atomic E-state index is -1.74. The smallest absolute Gasteiger partial charge is 1.00 e. The van der Waals surface area contributed by atoms with Crippen LogP contribution in [0.25, 0.3) is 0 Å². The summed E-state index contributed by atoms with van der Waals surface area (Å²) in [5.74, 6) is -4.79. The van der Waals surface area contributed by atoms with Gasteiger partial charge in [0.25, 0.3) is 0 Å². The van der Waals surface area contributed by atoms with Gasteiger partial charge >= 0.3 is 71.2 Å². The molecule has 0 aliphatic carbocycles. The molecule has 8 N–H and O–H groups in total. The summed E-state index contributed by atoms with van der Waals surface area (Å²) in [6.07, 6.45) is 0.186. The summed E-state index contributed by atoms with van der Waals surface area (Å²) in [5, 5.41) is 47.7. The van der Waals surface area contributed by atoms with Crippen LogP contribution >= 0.6 is 0 Å². The number of aldehydes is 2. The summed E-state index contributed by atoms with van der Waals surface area (Å²) in [6, 6.07) is 53.7. The van der Waals surface area contributed by atoms with Crippen molar-refractivity contribution in [2.24, 2.45) is 11.5 Å². The quantitative estimate of drug-likeness (QED) is 0.0141. The van der Waals surface area contributed by atoms with Crippen molar-refractivity contribution in [2.75, 3.05) is 19.8 Å². The van der Waals surface area contributed by atoms with E-state index in [0.717, 1.165) is 29.3 Å². The number of carbonyl (C=O) groups is 8. The Morgan fingerprint density at radius 3 is 1.41 bits per heavy atom. The molecule has 0 aromatic heterocycles. The molecule has 1 saturated heterocycles. The molecule has 79 heavy (non-hydrogen) atoms. The third kappa shape index (κ3) is 41.5. The van der Waals surface area contributed by atoms with E-state index in [1.165, 1.54) is 13.0 Å². The molecule has 0 bridgehead atoms. The normalized spacial score (nSPS) is 11.4. The Bertz CT molecular complexity index is 2460. The van der Waals surface area contributed by atoms with Crippen LogP contribution in [0.4, 0.5) is 4.79 Å². The molecule has 415 valence electrons. The fraction of sp³-hybridized carbons (Fsp3) is 0.228. The van der Waals surface area contributed by atoms with Crippen molar-refractivity contribution in [1.82, 2.24) is 5.32 Å². The number of esters is 1. The molecule has 6 aromatic rings. The summed E-state index contributed by atoms with van der Waals surface area (Å²) < 4.78 is 15.5. The van der Waals surface area contributed by atoms with E-state index in [1.54, 1.807) is 72.8 Å². The third-order valence-electron chi connectivity index (χ3n) is 9.12. The average Bonchev–Trinajstić information content (AvgIpc) is 3.87. The van der Waals surface area contributed by atoms with Gasteiger partial charge in [-0.3, -0.25) is 19.2 Å². The van der Waals surface area contributed by atoms with Crippen LogP contribution in [-0.4, -0.2) is 95.4 Å². The maximum atomic E-state index is 11.9. The molecule has 0 spiro atoms. The first-order valence-corrected chi connectivity index (χ1v) is 22.3. The van der Waals surface area contributed by atoms with E-state index in [-0.39, 0.29) is 141 Å². The Morgan fingerprint density at radius 1 is 0.696 bits per heavy atom. The van der Waals surface area contributed by atoms with Crippen LogP contribution in [0.1, 0.15) is 89.3 Å². The van der Waals surface area contributed by atoms with Crippen LogP contribution in [0.5, 0.6) is 0 Å². The minimum Gasteiger partial charge on any atom is -1.00 e. The molecule has 1 aliphatic rings. The van der Waals surface area contributed by atoms with Crippen molar-refractivity contribution >= 4 is 48.1 Å². The van der Waals surface area contributed by atoms with Gasteiger partial charge in [-0.15, -0.1) is 0 Å². The molecular formula is C57H67IN3Na2O15V-. The number of halogens is 1. The number of nitrogens with two attached hydrogens (primary N) is 2. The van der Waals surface area contributed by atoms with E-state index < -0.39 is 54.6 Å². The number of hydrogen-bond donors (Lipinski definition) is 6. The Kier molecular flexibility index (Phi) is 57.2. The zero-order chi connectivity index (χ0) is 56.1. The maximum absolute atomic E-state index is 11.9. The van der Waals surface area contributed by atoms with Crippen LogP contribution in [-0.2, 0) is 60.4 Å². The molecule has 7 rings (SSSR count). The maximum Gasteiger partial charge on any atom is 1.00 e. The van der Waals surface area contributed by atoms with Crippen LogP contribution in [0.3, 0.4) is 0 Å². The topological polar surface area (TPSA) is 326 Å². The number of alkyl carbamates (subject to hydrolysis) is 1. The van der Waals surface area contributed by atoms with Gasteiger partial charge in [-0.2, -0.15) is 0 Å². The van der Waals surface area contributed by atoms with Gasteiger partial charge in [0.15, 0.2) is 11.6 Å². The van der Waals surface area contributed by atoms with Gasteiger partial charge < -0.3 is 85.4 Å². The molecule has 6 aromatic carbocycles. The van der Waals surface area contributed by atoms with Crippen molar-refractivity contribution in [1.29, 1.82) is 0 Å². The zero-order valence-corrected chi connectivity index (χ0v) is 51.1. The molecule has 1 heterocycles. The number of benzene rings is 6. The number of ether oxygens (including phenoxy) is 2. The van der Waals surface area contributed by atoms with Crippen LogP contribution in [0.2, 0.25) is 0 Å². The first-order valence-electron chi connectivity index (χ1n) is 23.3. The number of nitrogens with one attached hydrogen (secondary N) is 1. The van der Waals surface area contributed by atoms with Crippen molar-refractivity contribution in [3.8, 4) is 0 Å². The number of aliphatic hydroxyl groups excluding tert-OH is 3. The Morgan fingerprint density at radius 2 is 1.10 bits per heavy atom. The number of carboxylic acid groups (broad SMARTS) is 2. The molecule has 22 heteroatoms. The third-order valence-corrected chi connectivity index (χ3v) is 9.12. The average molecular weight is 1260 g/mol. The van der Waals surface area contributed by atoms with E-state index in [9.17, 15) is 53.7 Å². The Hall–Kier alpha value is -5.21. The fourth-order valence-electron chi connectivity index (χ4n) is 5.22. The van der Waals surface area contributed by atoms with Crippen molar-refractivity contribution in [3.63, 3.8) is 0 Å². The summed E-state index contributed by atoms with van der Waals surface area (Å²) >= 11 is 0. The molecule has 18 nitrogen and oxygen atoms in total. The van der Waals surface area contributed by atoms with E-state index in [4.69, 9.17) is 32.5 Å². The minimum absolute atomic E-state index is 0. The zero-order valence-electron chi connectivity index (χ0n) is 44.6. The second-order valence-corrected chi connectivity index (χ2v) is 14.6. The van der Waals surface area contributed by atoms with E-state index >= 15 is 0 Å². The number of Topliss-reactive ketones (excluding diaryl/α,β-unsaturated/α-hetero) is 2. The van der Waals surface area contributed by atoms with E-state index in [1.807, 2.05) is 109 Å². The molecule has 1 aliphatic heterocycles. The molecular weight excluding hydrogens is 1190 g/mol. The van der Waals surface area contributed by atoms with Crippen molar-refractivity contribution in [2.45, 2.75) is 65.4 Å². The largest absolute Gasteiger partial charge is 1.00 e. The van der Waals surface area contributed by atoms with Crippen LogP contribution in [0, 0.1) is 0 Å². The summed E-state index contributed by atoms with van der Waals surface area (Å²) in [7, 11) is 1.25. The van der Waals surface area contributed by atoms with Gasteiger partial charge in [-0.05, 0) is 23.1 Å². The van der Waals surface area contributed by atoms with Crippen LogP contribution < -0.4 is 110 Å². The van der Waals surface area contributed by atoms with E-state index in [0.29, 0.717) is 30.7 Å². The second-order valence-electron chi connectivity index (χ2n) is 14.6. The molecule has 0 saturated carbocycles. The van der Waals surface area contributed by atoms with Crippen LogP contribution in [0.15, 0.2) is 182 Å². The Balaban J connectivity index is -0.000000202. The molecule has 0 unspecified atom stereocenters. The number of cyclic esters (lactones) is 1. The summed E-state index contributed by atoms with van der Waals surface area (Å²) in [5.41, 5.74) is 14.9. The number of carboxylic acids is 2. The monoisotopic (exact) mass is 1260 g/mol. The van der Waals surface area contributed by atoms with Crippen molar-refractivity contribution in [3.05, 3.63) is 215 Å². The number of ketones is 2. The number of hydrogen-bond acceptors (Lipinski definition) is 17. The number of amides is 1. The van der Waals surface area contributed by atoms with Gasteiger partial charge in [0.05, 0.1) is 19.2 Å². The predicted octanol–water partition coefficient (Wildman–Crippen LogP) is -4.61. The van der Waals surface area contributed by atoms with Gasteiger partial charge in [0.1, 0.15) is 37.3 Å². The summed E-state index contributed by atoms with van der Waals surface area (Å²) in [6.45, 7) is 0.527. The first-order chi connectivity index (χ1) is 36.2. The number of rotatable bonds is 15. The summed E-state index contributed by atoms with van der Waals surface area (Å²) in [4.78, 5) is 83.6. The number of carbonyl (C=O) groups excluding carboxylic acids is 8. The SMILES string of the molecule is C.NCc1ccccc1.N[C@@H](CCO)C(=O)[O-].O=C(N[C@H]1CCOC1=O)OCc1ccccc1.O=C([O-])C(=O)CCO.O=C(c1ccccc1)[C@H](O)c1ccccc1.O=Cc1ccccc1.O=Cc1ccccc1.[3H]C.[I-].[Na+].[Na+].[V]. The van der Waals surface area contributed by atoms with E-state index in [2.05, 4.69) is 5.32 Å². The molecule has 1 radical (unpaired) electrons. The van der Waals surface area contributed by atoms with Crippen molar-refractivity contribution < 1.29 is 176 Å². The molecule has 1 amide bonds. The standard InChI is InChI=1S/C14H12O2.C12H13NO4.C7H9N.2C7H6O.C4H9NO3.C4H6O4.2CH4.HI.2Na.V/c15-13(11-7-3-1-4-8-11)14(16)12-9-5-2-6-10-12;14-11-10(6-7-16-11)13-12(15)17-8-9-4-2-1-3-5-9;3*8-6-7-4-2-1-3-5-7;5-3(1-2-6)4(7)8;5-2-1-3(6)4(7)8;;;;;;/h1-10,13,15H;1-5,10H,6-8H2,(H,13,15);1-5H,6,8H2;2*1-6H;3,6H,1-2,5H2,(H,7,8);5H,1-2H2,(H,7,8);2*1H4;1H;;;/q;;;;;;;;;;2*+1;/p-3/t13-;10-;;;;3-;;;;;;;/m10...0......./s1/i;;;;;;;1T;;;;;. The van der Waals surface area contributed by atoms with Gasteiger partial charge in [0.2, 0.25) is 0 Å². The first kappa shape index (κ1) is 82.6. The second kappa shape index (κ2) is 54.7.